The van der Waals surface area contributed by atoms with Crippen molar-refractivity contribution in [1.82, 2.24) is 0 Å². The Labute approximate surface area is 130 Å². The number of anilines is 1. The SMILES string of the molecule is CCCOc1ccc(Cl)cc1NCc1cccc(OC)c1. The molecule has 0 atom stereocenters. The molecule has 0 spiro atoms. The molecule has 0 aliphatic heterocycles. The van der Waals surface area contributed by atoms with Gasteiger partial charge in [0.15, 0.2) is 0 Å². The minimum absolute atomic E-state index is 0.681. The quantitative estimate of drug-likeness (QED) is 0.800. The highest BCUT2D eigenvalue weighted by atomic mass is 35.5. The second kappa shape index (κ2) is 7.79. The molecule has 0 unspecified atom stereocenters. The Morgan fingerprint density at radius 1 is 1.14 bits per heavy atom. The molecule has 0 bridgehead atoms. The van der Waals surface area contributed by atoms with Crippen LogP contribution in [0.4, 0.5) is 5.69 Å². The van der Waals surface area contributed by atoms with Crippen LogP contribution in [0, 0.1) is 0 Å². The highest BCUT2D eigenvalue weighted by Crippen LogP contribution is 2.28. The largest absolute Gasteiger partial charge is 0.497 e. The number of hydrogen-bond acceptors (Lipinski definition) is 3. The van der Waals surface area contributed by atoms with Gasteiger partial charge >= 0.3 is 0 Å². The second-order valence-electron chi connectivity index (χ2n) is 4.69. The van der Waals surface area contributed by atoms with Crippen LogP contribution in [-0.2, 0) is 6.54 Å². The highest BCUT2D eigenvalue weighted by Gasteiger charge is 2.05. The lowest BCUT2D eigenvalue weighted by molar-refractivity contribution is 0.319. The van der Waals surface area contributed by atoms with Gasteiger partial charge in [-0.15, -0.1) is 0 Å². The summed E-state index contributed by atoms with van der Waals surface area (Å²) in [6.45, 7) is 3.45. The van der Waals surface area contributed by atoms with Gasteiger partial charge in [-0.2, -0.15) is 0 Å². The monoisotopic (exact) mass is 305 g/mol. The van der Waals surface area contributed by atoms with Gasteiger partial charge in [0, 0.05) is 11.6 Å². The maximum Gasteiger partial charge on any atom is 0.142 e. The number of nitrogens with one attached hydrogen (secondary N) is 1. The predicted molar refractivity (Wildman–Crippen MR) is 87.6 cm³/mol. The Morgan fingerprint density at radius 2 is 2.00 bits per heavy atom. The summed E-state index contributed by atoms with van der Waals surface area (Å²) < 4.78 is 11.0. The molecule has 0 fully saturated rings. The van der Waals surface area contributed by atoms with Crippen molar-refractivity contribution in [2.24, 2.45) is 0 Å². The summed E-state index contributed by atoms with van der Waals surface area (Å²) in [5.74, 6) is 1.67. The molecule has 3 nitrogen and oxygen atoms in total. The number of benzene rings is 2. The summed E-state index contributed by atoms with van der Waals surface area (Å²) in [6, 6.07) is 13.6. The van der Waals surface area contributed by atoms with Crippen LogP contribution in [0.15, 0.2) is 42.5 Å². The van der Waals surface area contributed by atoms with Crippen LogP contribution in [0.3, 0.4) is 0 Å². The molecule has 2 aromatic rings. The summed E-state index contributed by atoms with van der Waals surface area (Å²) in [7, 11) is 1.67. The Balaban J connectivity index is 2.09. The zero-order valence-corrected chi connectivity index (χ0v) is 13.1. The molecule has 0 aliphatic rings. The molecule has 0 heterocycles. The van der Waals surface area contributed by atoms with Crippen LogP contribution in [-0.4, -0.2) is 13.7 Å². The van der Waals surface area contributed by atoms with E-state index in [0.717, 1.165) is 29.2 Å². The standard InChI is InChI=1S/C17H20ClNO2/c1-3-9-21-17-8-7-14(18)11-16(17)19-12-13-5-4-6-15(10-13)20-2/h4-8,10-11,19H,3,9,12H2,1-2H3. The van der Waals surface area contributed by atoms with Crippen molar-refractivity contribution >= 4 is 17.3 Å². The molecule has 0 amide bonds. The van der Waals surface area contributed by atoms with Crippen LogP contribution in [0.5, 0.6) is 11.5 Å². The molecule has 1 N–H and O–H groups in total. The van der Waals surface area contributed by atoms with Gasteiger partial charge in [0.2, 0.25) is 0 Å². The predicted octanol–water partition coefficient (Wildman–Crippen LogP) is 4.75. The van der Waals surface area contributed by atoms with Crippen molar-refractivity contribution in [3.8, 4) is 11.5 Å². The summed E-state index contributed by atoms with van der Waals surface area (Å²) in [5.41, 5.74) is 2.04. The number of hydrogen-bond donors (Lipinski definition) is 1. The average Bonchev–Trinajstić information content (AvgIpc) is 2.52. The van der Waals surface area contributed by atoms with E-state index >= 15 is 0 Å². The van der Waals surface area contributed by atoms with Crippen molar-refractivity contribution in [2.45, 2.75) is 19.9 Å². The van der Waals surface area contributed by atoms with Gasteiger partial charge in [0.05, 0.1) is 19.4 Å². The first kappa shape index (κ1) is 15.5. The first-order valence-electron chi connectivity index (χ1n) is 7.02. The number of ether oxygens (including phenoxy) is 2. The third-order valence-corrected chi connectivity index (χ3v) is 3.26. The fourth-order valence-electron chi connectivity index (χ4n) is 1.96. The molecule has 21 heavy (non-hydrogen) atoms. The lowest BCUT2D eigenvalue weighted by atomic mass is 10.2. The molecule has 0 radical (unpaired) electrons. The minimum Gasteiger partial charge on any atom is -0.497 e. The fourth-order valence-corrected chi connectivity index (χ4v) is 2.13. The third-order valence-electron chi connectivity index (χ3n) is 3.02. The molecular weight excluding hydrogens is 286 g/mol. The van der Waals surface area contributed by atoms with E-state index in [4.69, 9.17) is 21.1 Å². The van der Waals surface area contributed by atoms with Gasteiger partial charge in [0.1, 0.15) is 11.5 Å². The van der Waals surface area contributed by atoms with Gasteiger partial charge in [0.25, 0.3) is 0 Å². The number of halogens is 1. The Morgan fingerprint density at radius 3 is 2.76 bits per heavy atom. The van der Waals surface area contributed by atoms with Crippen molar-refractivity contribution in [1.29, 1.82) is 0 Å². The summed E-state index contributed by atoms with van der Waals surface area (Å²) in [6.07, 6.45) is 0.970. The maximum atomic E-state index is 6.06. The van der Waals surface area contributed by atoms with Crippen LogP contribution in [0.25, 0.3) is 0 Å². The molecule has 2 aromatic carbocycles. The number of rotatable bonds is 7. The van der Waals surface area contributed by atoms with E-state index in [1.54, 1.807) is 7.11 Å². The molecule has 0 saturated heterocycles. The second-order valence-corrected chi connectivity index (χ2v) is 5.13. The maximum absolute atomic E-state index is 6.06. The fraction of sp³-hybridized carbons (Fsp3) is 0.294. The Bertz CT molecular complexity index is 587. The first-order valence-corrected chi connectivity index (χ1v) is 7.40. The zero-order chi connectivity index (χ0) is 15.1. The molecule has 4 heteroatoms. The van der Waals surface area contributed by atoms with Crippen molar-refractivity contribution < 1.29 is 9.47 Å². The van der Waals surface area contributed by atoms with E-state index in [9.17, 15) is 0 Å². The lowest BCUT2D eigenvalue weighted by Crippen LogP contribution is -2.03. The van der Waals surface area contributed by atoms with Gasteiger partial charge in [-0.1, -0.05) is 30.7 Å². The smallest absolute Gasteiger partial charge is 0.142 e. The van der Waals surface area contributed by atoms with Crippen LogP contribution in [0.1, 0.15) is 18.9 Å². The van der Waals surface area contributed by atoms with Gasteiger partial charge < -0.3 is 14.8 Å². The summed E-state index contributed by atoms with van der Waals surface area (Å²) in [5, 5.41) is 4.05. The van der Waals surface area contributed by atoms with Crippen LogP contribution in [0.2, 0.25) is 5.02 Å². The van der Waals surface area contributed by atoms with E-state index < -0.39 is 0 Å². The van der Waals surface area contributed by atoms with Gasteiger partial charge in [-0.25, -0.2) is 0 Å². The Kier molecular flexibility index (Phi) is 5.76. The molecule has 2 rings (SSSR count). The van der Waals surface area contributed by atoms with Crippen molar-refractivity contribution in [3.63, 3.8) is 0 Å². The van der Waals surface area contributed by atoms with Crippen LogP contribution < -0.4 is 14.8 Å². The molecule has 0 aromatic heterocycles. The first-order chi connectivity index (χ1) is 10.2. The molecule has 112 valence electrons. The van der Waals surface area contributed by atoms with Crippen LogP contribution >= 0.6 is 11.6 Å². The highest BCUT2D eigenvalue weighted by molar-refractivity contribution is 6.30. The number of methoxy groups -OCH3 is 1. The third kappa shape index (κ3) is 4.57. The molecule has 0 aliphatic carbocycles. The van der Waals surface area contributed by atoms with E-state index in [-0.39, 0.29) is 0 Å². The topological polar surface area (TPSA) is 30.5 Å². The molecule has 0 saturated carbocycles. The van der Waals surface area contributed by atoms with E-state index in [0.29, 0.717) is 18.2 Å². The zero-order valence-electron chi connectivity index (χ0n) is 12.4. The average molecular weight is 306 g/mol. The van der Waals surface area contributed by atoms with Crippen molar-refractivity contribution in [3.05, 3.63) is 53.1 Å². The van der Waals surface area contributed by atoms with E-state index in [1.807, 2.05) is 42.5 Å². The summed E-state index contributed by atoms with van der Waals surface area (Å²) >= 11 is 6.06. The lowest BCUT2D eigenvalue weighted by Gasteiger charge is -2.14. The van der Waals surface area contributed by atoms with Gasteiger partial charge in [-0.3, -0.25) is 0 Å². The minimum atomic E-state index is 0.681. The van der Waals surface area contributed by atoms with E-state index in [1.165, 1.54) is 0 Å². The van der Waals surface area contributed by atoms with Gasteiger partial charge in [-0.05, 0) is 42.3 Å². The van der Waals surface area contributed by atoms with E-state index in [2.05, 4.69) is 12.2 Å². The Hall–Kier alpha value is -1.87. The summed E-state index contributed by atoms with van der Waals surface area (Å²) in [4.78, 5) is 0. The normalized spacial score (nSPS) is 10.2. The van der Waals surface area contributed by atoms with Crippen molar-refractivity contribution in [2.75, 3.05) is 19.0 Å². The molecular formula is C17H20ClNO2.